The number of nitrogens with zero attached hydrogens (tertiary/aromatic N) is 1. The summed E-state index contributed by atoms with van der Waals surface area (Å²) in [5, 5.41) is 2.85. The fraction of sp³-hybridized carbons (Fsp3) is 0.286. The molecule has 4 rings (SSSR count). The number of halogens is 2. The van der Waals surface area contributed by atoms with Gasteiger partial charge in [0, 0.05) is 35.9 Å². The van der Waals surface area contributed by atoms with Crippen molar-refractivity contribution in [2.24, 2.45) is 5.73 Å². The van der Waals surface area contributed by atoms with E-state index in [2.05, 4.69) is 5.32 Å². The lowest BCUT2D eigenvalue weighted by molar-refractivity contribution is -0.118. The molecule has 1 aliphatic carbocycles. The Kier molecular flexibility index (Phi) is 8.28. The SMILES string of the molecule is NC1CCC(N(Cc2ccccc2NC(=O)COc2ccccc2)C(=O)c2cc(F)cc(F)c2)CC1. The lowest BCUT2D eigenvalue weighted by atomic mass is 9.90. The number of nitrogens with one attached hydrogen (secondary N) is 1. The average molecular weight is 494 g/mol. The molecule has 0 atom stereocenters. The molecule has 0 bridgehead atoms. The molecule has 0 unspecified atom stereocenters. The van der Waals surface area contributed by atoms with Crippen molar-refractivity contribution in [2.75, 3.05) is 11.9 Å². The number of carbonyl (C=O) groups excluding carboxylic acids is 2. The predicted molar refractivity (Wildman–Crippen MR) is 133 cm³/mol. The molecule has 0 aromatic heterocycles. The van der Waals surface area contributed by atoms with Gasteiger partial charge in [-0.05, 0) is 61.6 Å². The normalized spacial score (nSPS) is 17.3. The summed E-state index contributed by atoms with van der Waals surface area (Å²) in [5.74, 6) is -1.86. The van der Waals surface area contributed by atoms with Gasteiger partial charge >= 0.3 is 0 Å². The minimum absolute atomic E-state index is 0.0554. The summed E-state index contributed by atoms with van der Waals surface area (Å²) in [5.41, 5.74) is 7.25. The van der Waals surface area contributed by atoms with E-state index >= 15 is 0 Å². The van der Waals surface area contributed by atoms with Crippen molar-refractivity contribution in [3.63, 3.8) is 0 Å². The fourth-order valence-corrected chi connectivity index (χ4v) is 4.44. The molecule has 3 aromatic carbocycles. The maximum atomic E-state index is 13.9. The lowest BCUT2D eigenvalue weighted by Gasteiger charge is -2.36. The summed E-state index contributed by atoms with van der Waals surface area (Å²) in [4.78, 5) is 27.7. The Morgan fingerprint density at radius 3 is 2.25 bits per heavy atom. The summed E-state index contributed by atoms with van der Waals surface area (Å²) in [7, 11) is 0. The van der Waals surface area contributed by atoms with Crippen LogP contribution in [0.3, 0.4) is 0 Å². The molecule has 8 heteroatoms. The summed E-state index contributed by atoms with van der Waals surface area (Å²) in [6, 6.07) is 18.9. The maximum Gasteiger partial charge on any atom is 0.262 e. The Bertz CT molecular complexity index is 1180. The summed E-state index contributed by atoms with van der Waals surface area (Å²) in [6.45, 7) is -0.0169. The highest BCUT2D eigenvalue weighted by atomic mass is 19.1. The van der Waals surface area contributed by atoms with Crippen molar-refractivity contribution in [3.05, 3.63) is 95.6 Å². The van der Waals surface area contributed by atoms with Gasteiger partial charge in [0.2, 0.25) is 0 Å². The second-order valence-electron chi connectivity index (χ2n) is 8.97. The van der Waals surface area contributed by atoms with Crippen LogP contribution in [0.2, 0.25) is 0 Å². The number of para-hydroxylation sites is 2. The van der Waals surface area contributed by atoms with Gasteiger partial charge in [-0.15, -0.1) is 0 Å². The molecule has 36 heavy (non-hydrogen) atoms. The molecule has 3 aromatic rings. The summed E-state index contributed by atoms with van der Waals surface area (Å²) >= 11 is 0. The highest BCUT2D eigenvalue weighted by Crippen LogP contribution is 2.28. The van der Waals surface area contributed by atoms with Crippen molar-refractivity contribution in [3.8, 4) is 5.75 Å². The number of anilines is 1. The highest BCUT2D eigenvalue weighted by Gasteiger charge is 2.29. The van der Waals surface area contributed by atoms with Crippen LogP contribution in [0.25, 0.3) is 0 Å². The third kappa shape index (κ3) is 6.66. The van der Waals surface area contributed by atoms with Crippen LogP contribution in [0.5, 0.6) is 5.75 Å². The molecule has 0 aliphatic heterocycles. The highest BCUT2D eigenvalue weighted by molar-refractivity contribution is 5.95. The molecule has 3 N–H and O–H groups in total. The minimum atomic E-state index is -0.810. The van der Waals surface area contributed by atoms with Crippen molar-refractivity contribution >= 4 is 17.5 Å². The molecule has 0 heterocycles. The number of amides is 2. The van der Waals surface area contributed by atoms with Gasteiger partial charge in [-0.3, -0.25) is 9.59 Å². The van der Waals surface area contributed by atoms with E-state index in [-0.39, 0.29) is 36.7 Å². The van der Waals surface area contributed by atoms with Gasteiger partial charge in [-0.2, -0.15) is 0 Å². The van der Waals surface area contributed by atoms with Crippen molar-refractivity contribution in [1.29, 1.82) is 0 Å². The Morgan fingerprint density at radius 1 is 0.917 bits per heavy atom. The lowest BCUT2D eigenvalue weighted by Crippen LogP contribution is -2.44. The fourth-order valence-electron chi connectivity index (χ4n) is 4.44. The Hall–Kier alpha value is -3.78. The van der Waals surface area contributed by atoms with Crippen LogP contribution in [-0.2, 0) is 11.3 Å². The van der Waals surface area contributed by atoms with Gasteiger partial charge in [0.05, 0.1) is 0 Å². The zero-order chi connectivity index (χ0) is 25.5. The van der Waals surface area contributed by atoms with Crippen molar-refractivity contribution in [1.82, 2.24) is 4.90 Å². The van der Waals surface area contributed by atoms with Crippen LogP contribution in [0.4, 0.5) is 14.5 Å². The third-order valence-electron chi connectivity index (χ3n) is 6.30. The molecular formula is C28H29F2N3O3. The van der Waals surface area contributed by atoms with Gasteiger partial charge in [0.15, 0.2) is 6.61 Å². The molecule has 0 radical (unpaired) electrons. The van der Waals surface area contributed by atoms with E-state index in [0.717, 1.165) is 31.0 Å². The van der Waals surface area contributed by atoms with Gasteiger partial charge in [-0.25, -0.2) is 8.78 Å². The zero-order valence-electron chi connectivity index (χ0n) is 19.8. The number of rotatable bonds is 8. The second kappa shape index (κ2) is 11.8. The largest absolute Gasteiger partial charge is 0.484 e. The molecular weight excluding hydrogens is 464 g/mol. The van der Waals surface area contributed by atoms with E-state index in [1.807, 2.05) is 30.3 Å². The number of nitrogens with two attached hydrogens (primary N) is 1. The number of carbonyl (C=O) groups is 2. The van der Waals surface area contributed by atoms with Crippen LogP contribution in [0, 0.1) is 11.6 Å². The average Bonchev–Trinajstić information content (AvgIpc) is 2.87. The van der Waals surface area contributed by atoms with E-state index in [9.17, 15) is 18.4 Å². The Morgan fingerprint density at radius 2 is 1.56 bits per heavy atom. The first kappa shape index (κ1) is 25.3. The van der Waals surface area contributed by atoms with Crippen LogP contribution in [0.1, 0.15) is 41.6 Å². The number of ether oxygens (including phenoxy) is 1. The van der Waals surface area contributed by atoms with E-state index < -0.39 is 17.5 Å². The monoisotopic (exact) mass is 493 g/mol. The number of benzene rings is 3. The van der Waals surface area contributed by atoms with E-state index in [1.165, 1.54) is 0 Å². The van der Waals surface area contributed by atoms with Gasteiger partial charge in [-0.1, -0.05) is 36.4 Å². The standard InChI is InChI=1S/C28H29F2N3O3/c29-21-14-20(15-22(30)16-21)28(35)33(24-12-10-23(31)11-13-24)17-19-6-4-5-9-26(19)32-27(34)18-36-25-7-2-1-3-8-25/h1-9,14-16,23-24H,10-13,17-18,31H2,(H,32,34). The molecule has 1 fully saturated rings. The molecule has 0 spiro atoms. The van der Waals surface area contributed by atoms with Crippen molar-refractivity contribution in [2.45, 2.75) is 44.3 Å². The van der Waals surface area contributed by atoms with Gasteiger partial charge in [0.25, 0.3) is 11.8 Å². The maximum absolute atomic E-state index is 13.9. The third-order valence-corrected chi connectivity index (χ3v) is 6.30. The molecule has 0 saturated heterocycles. The molecule has 1 saturated carbocycles. The Balaban J connectivity index is 1.53. The van der Waals surface area contributed by atoms with Crippen LogP contribution in [-0.4, -0.2) is 35.4 Å². The van der Waals surface area contributed by atoms with Crippen molar-refractivity contribution < 1.29 is 23.1 Å². The van der Waals surface area contributed by atoms with E-state index in [1.54, 1.807) is 29.2 Å². The summed E-state index contributed by atoms with van der Waals surface area (Å²) < 4.78 is 33.3. The molecule has 2 amide bonds. The van der Waals surface area contributed by atoms with Crippen LogP contribution < -0.4 is 15.8 Å². The number of hydrogen-bond donors (Lipinski definition) is 2. The smallest absolute Gasteiger partial charge is 0.262 e. The first-order valence-corrected chi connectivity index (χ1v) is 12.0. The first-order valence-electron chi connectivity index (χ1n) is 12.0. The zero-order valence-corrected chi connectivity index (χ0v) is 19.8. The van der Waals surface area contributed by atoms with E-state index in [4.69, 9.17) is 10.5 Å². The minimum Gasteiger partial charge on any atom is -0.484 e. The second-order valence-corrected chi connectivity index (χ2v) is 8.97. The predicted octanol–water partition coefficient (Wildman–Crippen LogP) is 4.89. The van der Waals surface area contributed by atoms with Gasteiger partial charge in [0.1, 0.15) is 17.4 Å². The summed E-state index contributed by atoms with van der Waals surface area (Å²) in [6.07, 6.45) is 2.87. The molecule has 6 nitrogen and oxygen atoms in total. The van der Waals surface area contributed by atoms with Gasteiger partial charge < -0.3 is 20.7 Å². The quantitative estimate of drug-likeness (QED) is 0.468. The molecule has 188 valence electrons. The van der Waals surface area contributed by atoms with Crippen LogP contribution >= 0.6 is 0 Å². The molecule has 1 aliphatic rings. The number of hydrogen-bond acceptors (Lipinski definition) is 4. The topological polar surface area (TPSA) is 84.7 Å². The first-order chi connectivity index (χ1) is 17.4. The van der Waals surface area contributed by atoms with E-state index in [0.29, 0.717) is 29.8 Å². The van der Waals surface area contributed by atoms with Crippen LogP contribution in [0.15, 0.2) is 72.8 Å². The Labute approximate surface area is 209 Å².